The van der Waals surface area contributed by atoms with Crippen LogP contribution in [-0.4, -0.2) is 25.0 Å². The Bertz CT molecular complexity index is 236. The van der Waals surface area contributed by atoms with Gasteiger partial charge in [-0.05, 0) is 63.5 Å². The van der Waals surface area contributed by atoms with Crippen LogP contribution in [0.15, 0.2) is 0 Å². The van der Waals surface area contributed by atoms with E-state index < -0.39 is 0 Å². The van der Waals surface area contributed by atoms with Crippen LogP contribution >= 0.6 is 0 Å². The second-order valence-corrected chi connectivity index (χ2v) is 7.14. The van der Waals surface area contributed by atoms with Gasteiger partial charge in [0.1, 0.15) is 0 Å². The first-order valence-electron chi connectivity index (χ1n) is 7.74. The third-order valence-corrected chi connectivity index (χ3v) is 5.37. The topological polar surface area (TPSA) is 3.24 Å². The largest absolute Gasteiger partial charge is 0.306 e. The molecule has 100 valence electrons. The molecule has 0 N–H and O–H groups in total. The molecular weight excluding hydrogens is 206 g/mol. The van der Waals surface area contributed by atoms with Gasteiger partial charge in [-0.2, -0.15) is 0 Å². The van der Waals surface area contributed by atoms with Gasteiger partial charge in [-0.1, -0.05) is 33.1 Å². The van der Waals surface area contributed by atoms with Crippen LogP contribution in [-0.2, 0) is 0 Å². The van der Waals surface area contributed by atoms with Crippen LogP contribution < -0.4 is 0 Å². The molecule has 0 amide bonds. The number of hydrogen-bond acceptors (Lipinski definition) is 1. The van der Waals surface area contributed by atoms with E-state index in [2.05, 4.69) is 32.8 Å². The third-order valence-electron chi connectivity index (χ3n) is 5.37. The summed E-state index contributed by atoms with van der Waals surface area (Å²) in [7, 11) is 4.58. The Morgan fingerprint density at radius 1 is 0.824 bits per heavy atom. The lowest BCUT2D eigenvalue weighted by molar-refractivity contribution is 0.0587. The predicted molar refractivity (Wildman–Crippen MR) is 75.1 cm³/mol. The average Bonchev–Trinajstić information content (AvgIpc) is 2.28. The highest BCUT2D eigenvalue weighted by Gasteiger charge is 2.36. The van der Waals surface area contributed by atoms with E-state index in [1.165, 1.54) is 44.9 Å². The second-order valence-electron chi connectivity index (χ2n) is 7.14. The first kappa shape index (κ1) is 13.4. The number of hydrogen-bond donors (Lipinski definition) is 0. The molecule has 2 aliphatic carbocycles. The zero-order valence-electron chi connectivity index (χ0n) is 12.3. The molecule has 0 bridgehead atoms. The van der Waals surface area contributed by atoms with Crippen molar-refractivity contribution in [1.29, 1.82) is 0 Å². The van der Waals surface area contributed by atoms with Gasteiger partial charge in [0, 0.05) is 6.04 Å². The molecule has 0 aliphatic heterocycles. The molecule has 0 aromatic carbocycles. The molecule has 0 heterocycles. The van der Waals surface area contributed by atoms with Crippen LogP contribution in [0.3, 0.4) is 0 Å². The lowest BCUT2D eigenvalue weighted by atomic mass is 9.66. The Labute approximate surface area is 108 Å². The van der Waals surface area contributed by atoms with Crippen LogP contribution in [0, 0.1) is 23.7 Å². The van der Waals surface area contributed by atoms with Gasteiger partial charge in [0.15, 0.2) is 0 Å². The maximum atomic E-state index is 2.51. The van der Waals surface area contributed by atoms with Crippen LogP contribution in [0.1, 0.15) is 58.8 Å². The minimum atomic E-state index is 0.862. The molecule has 0 radical (unpaired) electrons. The third kappa shape index (κ3) is 3.24. The molecule has 0 aromatic rings. The van der Waals surface area contributed by atoms with Crippen LogP contribution in [0.2, 0.25) is 0 Å². The van der Waals surface area contributed by atoms with Crippen LogP contribution in [0.4, 0.5) is 0 Å². The number of rotatable bonds is 2. The summed E-state index contributed by atoms with van der Waals surface area (Å²) in [5, 5.41) is 0. The zero-order chi connectivity index (χ0) is 12.4. The van der Waals surface area contributed by atoms with E-state index in [1.807, 2.05) is 0 Å². The Morgan fingerprint density at radius 2 is 1.53 bits per heavy atom. The van der Waals surface area contributed by atoms with Crippen molar-refractivity contribution in [1.82, 2.24) is 4.90 Å². The van der Waals surface area contributed by atoms with E-state index in [-0.39, 0.29) is 0 Å². The van der Waals surface area contributed by atoms with Crippen molar-refractivity contribution in [2.45, 2.75) is 64.8 Å². The van der Waals surface area contributed by atoms with E-state index >= 15 is 0 Å². The van der Waals surface area contributed by atoms with Crippen LogP contribution in [0.5, 0.6) is 0 Å². The maximum Gasteiger partial charge on any atom is 0.0120 e. The van der Waals surface area contributed by atoms with Gasteiger partial charge < -0.3 is 4.90 Å². The van der Waals surface area contributed by atoms with Gasteiger partial charge in [-0.15, -0.1) is 0 Å². The Morgan fingerprint density at radius 3 is 2.18 bits per heavy atom. The van der Waals surface area contributed by atoms with Crippen molar-refractivity contribution < 1.29 is 0 Å². The average molecular weight is 237 g/mol. The first-order valence-corrected chi connectivity index (χ1v) is 7.74. The summed E-state index contributed by atoms with van der Waals surface area (Å²) in [5.41, 5.74) is 0. The fraction of sp³-hybridized carbons (Fsp3) is 1.00. The summed E-state index contributed by atoms with van der Waals surface area (Å²) in [6.45, 7) is 4.92. The van der Waals surface area contributed by atoms with Crippen molar-refractivity contribution >= 4 is 0 Å². The summed E-state index contributed by atoms with van der Waals surface area (Å²) in [4.78, 5) is 2.51. The van der Waals surface area contributed by atoms with E-state index in [4.69, 9.17) is 0 Å². The SMILES string of the molecule is CC1CCCC(C2CC(C)CCC2N(C)C)C1. The molecule has 5 unspecified atom stereocenters. The van der Waals surface area contributed by atoms with Gasteiger partial charge in [0.05, 0.1) is 0 Å². The molecule has 17 heavy (non-hydrogen) atoms. The first-order chi connectivity index (χ1) is 8.08. The predicted octanol–water partition coefficient (Wildman–Crippen LogP) is 4.18. The molecule has 0 saturated heterocycles. The summed E-state index contributed by atoms with van der Waals surface area (Å²) in [5.74, 6) is 3.95. The van der Waals surface area contributed by atoms with E-state index in [1.54, 1.807) is 0 Å². The standard InChI is InChI=1S/C16H31N/c1-12-6-5-7-14(10-12)15-11-13(2)8-9-16(15)17(3)4/h12-16H,5-11H2,1-4H3. The smallest absolute Gasteiger partial charge is 0.0120 e. The normalized spacial score (nSPS) is 43.9. The van der Waals surface area contributed by atoms with E-state index in [0.717, 1.165) is 29.7 Å². The fourth-order valence-electron chi connectivity index (χ4n) is 4.43. The number of nitrogens with zero attached hydrogens (tertiary/aromatic N) is 1. The van der Waals surface area contributed by atoms with Crippen molar-refractivity contribution in [3.63, 3.8) is 0 Å². The van der Waals surface area contributed by atoms with E-state index in [0.29, 0.717) is 0 Å². The lowest BCUT2D eigenvalue weighted by Gasteiger charge is -2.45. The maximum absolute atomic E-state index is 2.51. The van der Waals surface area contributed by atoms with Gasteiger partial charge in [0.2, 0.25) is 0 Å². The molecule has 1 nitrogen and oxygen atoms in total. The van der Waals surface area contributed by atoms with Crippen molar-refractivity contribution in [2.75, 3.05) is 14.1 Å². The molecule has 1 heteroatoms. The van der Waals surface area contributed by atoms with E-state index in [9.17, 15) is 0 Å². The quantitative estimate of drug-likeness (QED) is 0.696. The second kappa shape index (κ2) is 5.73. The molecule has 2 rings (SSSR count). The zero-order valence-corrected chi connectivity index (χ0v) is 12.3. The minimum absolute atomic E-state index is 0.862. The van der Waals surface area contributed by atoms with Gasteiger partial charge in [-0.3, -0.25) is 0 Å². The van der Waals surface area contributed by atoms with Gasteiger partial charge >= 0.3 is 0 Å². The monoisotopic (exact) mass is 237 g/mol. The lowest BCUT2D eigenvalue weighted by Crippen LogP contribution is -2.43. The fourth-order valence-corrected chi connectivity index (χ4v) is 4.43. The Kier molecular flexibility index (Phi) is 4.52. The highest BCUT2D eigenvalue weighted by molar-refractivity contribution is 4.89. The minimum Gasteiger partial charge on any atom is -0.306 e. The van der Waals surface area contributed by atoms with Gasteiger partial charge in [-0.25, -0.2) is 0 Å². The summed E-state index contributed by atoms with van der Waals surface area (Å²) in [6.07, 6.45) is 10.3. The highest BCUT2D eigenvalue weighted by Crippen LogP contribution is 2.42. The highest BCUT2D eigenvalue weighted by atomic mass is 15.1. The van der Waals surface area contributed by atoms with Crippen molar-refractivity contribution in [2.24, 2.45) is 23.7 Å². The summed E-state index contributed by atoms with van der Waals surface area (Å²) >= 11 is 0. The molecule has 0 spiro atoms. The molecule has 5 atom stereocenters. The summed E-state index contributed by atoms with van der Waals surface area (Å²) < 4.78 is 0. The molecule has 2 saturated carbocycles. The summed E-state index contributed by atoms with van der Waals surface area (Å²) in [6, 6.07) is 0.862. The Balaban J connectivity index is 2.03. The molecule has 2 fully saturated rings. The molecule has 2 aliphatic rings. The molecule has 0 aromatic heterocycles. The van der Waals surface area contributed by atoms with Gasteiger partial charge in [0.25, 0.3) is 0 Å². The Hall–Kier alpha value is -0.0400. The molecular formula is C16H31N. The van der Waals surface area contributed by atoms with Crippen molar-refractivity contribution in [3.05, 3.63) is 0 Å². The van der Waals surface area contributed by atoms with Crippen molar-refractivity contribution in [3.8, 4) is 0 Å². The van der Waals surface area contributed by atoms with Crippen LogP contribution in [0.25, 0.3) is 0 Å².